The van der Waals surface area contributed by atoms with E-state index < -0.39 is 23.6 Å². The van der Waals surface area contributed by atoms with Crippen LogP contribution in [0.3, 0.4) is 0 Å². The van der Waals surface area contributed by atoms with Crippen LogP contribution in [0.4, 0.5) is 18.9 Å². The van der Waals surface area contributed by atoms with Gasteiger partial charge in [0.2, 0.25) is 0 Å². The Morgan fingerprint density at radius 1 is 1.00 bits per heavy atom. The van der Waals surface area contributed by atoms with Crippen LogP contribution < -0.4 is 4.90 Å². The third kappa shape index (κ3) is 3.58. The van der Waals surface area contributed by atoms with E-state index in [1.54, 1.807) is 6.07 Å². The molecule has 0 unspecified atom stereocenters. The summed E-state index contributed by atoms with van der Waals surface area (Å²) in [6, 6.07) is 9.79. The number of imide groups is 1. The van der Waals surface area contributed by atoms with Gasteiger partial charge in [0.15, 0.2) is 0 Å². The minimum absolute atomic E-state index is 0.0845. The second-order valence-electron chi connectivity index (χ2n) is 6.45. The predicted molar refractivity (Wildman–Crippen MR) is 105 cm³/mol. The molecule has 0 bridgehead atoms. The number of nitrogens with zero attached hydrogens (tertiary/aromatic N) is 1. The average molecular weight is 405 g/mol. The predicted octanol–water partition coefficient (Wildman–Crippen LogP) is 5.36. The summed E-state index contributed by atoms with van der Waals surface area (Å²) in [7, 11) is 0. The molecular weight excluding hydrogens is 387 g/mol. The Hall–Kier alpha value is -2.54. The van der Waals surface area contributed by atoms with Gasteiger partial charge in [-0.2, -0.15) is 13.2 Å². The zero-order valence-electron chi connectivity index (χ0n) is 15.6. The Balaban J connectivity index is 2.12. The number of carbonyl (C=O) groups is 2. The molecule has 28 heavy (non-hydrogen) atoms. The van der Waals surface area contributed by atoms with Gasteiger partial charge in [0.1, 0.15) is 0 Å². The summed E-state index contributed by atoms with van der Waals surface area (Å²) < 4.78 is 39.2. The van der Waals surface area contributed by atoms with Crippen molar-refractivity contribution in [2.24, 2.45) is 0 Å². The normalized spacial score (nSPS) is 15.0. The summed E-state index contributed by atoms with van der Waals surface area (Å²) in [5.74, 6) is -0.641. The highest BCUT2D eigenvalue weighted by Crippen LogP contribution is 2.40. The zero-order valence-corrected chi connectivity index (χ0v) is 16.4. The number of halogens is 3. The number of aryl methyl sites for hydroxylation is 2. The molecule has 0 aromatic heterocycles. The Kier molecular flexibility index (Phi) is 5.39. The van der Waals surface area contributed by atoms with E-state index in [0.29, 0.717) is 11.3 Å². The van der Waals surface area contributed by atoms with Crippen molar-refractivity contribution in [3.05, 3.63) is 69.6 Å². The zero-order chi connectivity index (χ0) is 20.6. The van der Waals surface area contributed by atoms with Crippen molar-refractivity contribution < 1.29 is 22.8 Å². The topological polar surface area (TPSA) is 37.4 Å². The fourth-order valence-electron chi connectivity index (χ4n) is 3.18. The van der Waals surface area contributed by atoms with Crippen molar-refractivity contribution in [1.29, 1.82) is 0 Å². The summed E-state index contributed by atoms with van der Waals surface area (Å²) in [5.41, 5.74) is 1.71. The van der Waals surface area contributed by atoms with E-state index in [4.69, 9.17) is 0 Å². The molecule has 0 N–H and O–H groups in total. The molecule has 1 aliphatic rings. The highest BCUT2D eigenvalue weighted by Gasteiger charge is 2.41. The van der Waals surface area contributed by atoms with Crippen molar-refractivity contribution in [1.82, 2.24) is 0 Å². The summed E-state index contributed by atoms with van der Waals surface area (Å²) >= 11 is 1.22. The molecule has 0 saturated heterocycles. The largest absolute Gasteiger partial charge is 0.416 e. The fraction of sp³-hybridized carbons (Fsp3) is 0.238. The van der Waals surface area contributed by atoms with E-state index >= 15 is 0 Å². The maximum Gasteiger partial charge on any atom is 0.416 e. The van der Waals surface area contributed by atoms with E-state index in [2.05, 4.69) is 0 Å². The number of amides is 2. The van der Waals surface area contributed by atoms with Crippen LogP contribution in [0.25, 0.3) is 5.57 Å². The number of alkyl halides is 3. The van der Waals surface area contributed by atoms with Crippen molar-refractivity contribution in [2.45, 2.75) is 26.9 Å². The molecule has 0 atom stereocenters. The number of anilines is 1. The first-order chi connectivity index (χ1) is 13.1. The summed E-state index contributed by atoms with van der Waals surface area (Å²) in [5, 5.41) is 0. The first-order valence-electron chi connectivity index (χ1n) is 8.66. The lowest BCUT2D eigenvalue weighted by Crippen LogP contribution is -2.31. The van der Waals surface area contributed by atoms with Crippen LogP contribution in [0.15, 0.2) is 47.4 Å². The van der Waals surface area contributed by atoms with Crippen LogP contribution in [-0.2, 0) is 15.8 Å². The molecular formula is C21H18F3NO2S. The molecule has 0 aliphatic carbocycles. The minimum Gasteiger partial charge on any atom is -0.268 e. The lowest BCUT2D eigenvalue weighted by atomic mass is 9.98. The maximum absolute atomic E-state index is 13.2. The molecule has 2 aromatic rings. The Morgan fingerprint density at radius 2 is 1.71 bits per heavy atom. The number of rotatable bonds is 4. The standard InChI is InChI=1S/C21H18F3NO2S/c1-4-28-18-17(16-9-8-12(2)10-13(16)3)19(26)25(20(18)27)15-7-5-6-14(11-15)21(22,23)24/h5-11H,4H2,1-3H3. The molecule has 2 aromatic carbocycles. The van der Waals surface area contributed by atoms with Gasteiger partial charge in [-0.1, -0.05) is 36.8 Å². The number of thioether (sulfide) groups is 1. The first kappa shape index (κ1) is 20.2. The third-order valence-corrected chi connectivity index (χ3v) is 5.37. The van der Waals surface area contributed by atoms with E-state index in [9.17, 15) is 22.8 Å². The fourth-order valence-corrected chi connectivity index (χ4v) is 4.02. The molecule has 3 nitrogen and oxygen atoms in total. The van der Waals surface area contributed by atoms with Gasteiger partial charge in [-0.3, -0.25) is 9.59 Å². The van der Waals surface area contributed by atoms with Gasteiger partial charge < -0.3 is 0 Å². The lowest BCUT2D eigenvalue weighted by molar-refractivity contribution is -0.137. The lowest BCUT2D eigenvalue weighted by Gasteiger charge is -2.17. The van der Waals surface area contributed by atoms with E-state index in [0.717, 1.165) is 28.2 Å². The van der Waals surface area contributed by atoms with Crippen LogP contribution in [-0.4, -0.2) is 17.6 Å². The van der Waals surface area contributed by atoms with Gasteiger partial charge >= 0.3 is 6.18 Å². The quantitative estimate of drug-likeness (QED) is 0.643. The SMILES string of the molecule is CCSC1=C(c2ccc(C)cc2C)C(=O)N(c2cccc(C(F)(F)F)c2)C1=O. The van der Waals surface area contributed by atoms with E-state index in [1.165, 1.54) is 23.9 Å². The molecule has 0 spiro atoms. The smallest absolute Gasteiger partial charge is 0.268 e. The molecule has 7 heteroatoms. The molecule has 146 valence electrons. The Labute approximate surface area is 165 Å². The van der Waals surface area contributed by atoms with Crippen molar-refractivity contribution >= 4 is 34.8 Å². The first-order valence-corrected chi connectivity index (χ1v) is 9.64. The average Bonchev–Trinajstić information content (AvgIpc) is 2.85. The number of hydrogen-bond donors (Lipinski definition) is 0. The second-order valence-corrected chi connectivity index (χ2v) is 7.72. The minimum atomic E-state index is -4.56. The maximum atomic E-state index is 13.2. The van der Waals surface area contributed by atoms with Gasteiger partial charge in [0.05, 0.1) is 21.7 Å². The summed E-state index contributed by atoms with van der Waals surface area (Å²) in [6.07, 6.45) is -4.56. The van der Waals surface area contributed by atoms with Gasteiger partial charge in [0.25, 0.3) is 11.8 Å². The summed E-state index contributed by atoms with van der Waals surface area (Å²) in [4.78, 5) is 27.2. The second kappa shape index (κ2) is 7.47. The molecule has 0 saturated carbocycles. The molecule has 2 amide bonds. The van der Waals surface area contributed by atoms with Crippen LogP contribution in [0.5, 0.6) is 0 Å². The molecule has 3 rings (SSSR count). The molecule has 1 heterocycles. The number of benzene rings is 2. The van der Waals surface area contributed by atoms with Crippen LogP contribution >= 0.6 is 11.8 Å². The Morgan fingerprint density at radius 3 is 2.32 bits per heavy atom. The highest BCUT2D eigenvalue weighted by molar-refractivity contribution is 8.04. The molecule has 1 aliphatic heterocycles. The van der Waals surface area contributed by atoms with Gasteiger partial charge in [-0.15, -0.1) is 11.8 Å². The third-order valence-electron chi connectivity index (χ3n) is 4.41. The van der Waals surface area contributed by atoms with Crippen LogP contribution in [0.1, 0.15) is 29.2 Å². The summed E-state index contributed by atoms with van der Waals surface area (Å²) in [6.45, 7) is 5.61. The van der Waals surface area contributed by atoms with Gasteiger partial charge in [0, 0.05) is 0 Å². The van der Waals surface area contributed by atoms with Crippen LogP contribution in [0, 0.1) is 13.8 Å². The number of hydrogen-bond acceptors (Lipinski definition) is 3. The number of carbonyl (C=O) groups excluding carboxylic acids is 2. The van der Waals surface area contributed by atoms with Crippen molar-refractivity contribution in [3.63, 3.8) is 0 Å². The van der Waals surface area contributed by atoms with Crippen molar-refractivity contribution in [3.8, 4) is 0 Å². The molecule has 0 fully saturated rings. The highest BCUT2D eigenvalue weighted by atomic mass is 32.2. The van der Waals surface area contributed by atoms with Gasteiger partial charge in [-0.05, 0) is 48.9 Å². The van der Waals surface area contributed by atoms with Crippen molar-refractivity contribution in [2.75, 3.05) is 10.7 Å². The Bertz CT molecular complexity index is 995. The van der Waals surface area contributed by atoms with Crippen LogP contribution in [0.2, 0.25) is 0 Å². The van der Waals surface area contributed by atoms with E-state index in [-0.39, 0.29) is 16.2 Å². The van der Waals surface area contributed by atoms with E-state index in [1.807, 2.05) is 32.9 Å². The monoisotopic (exact) mass is 405 g/mol. The van der Waals surface area contributed by atoms with Gasteiger partial charge in [-0.25, -0.2) is 4.90 Å². The molecule has 0 radical (unpaired) electrons.